The minimum absolute atomic E-state index is 0.0112. The minimum Gasteiger partial charge on any atom is -0.310 e. The van der Waals surface area contributed by atoms with E-state index in [-0.39, 0.29) is 88.4 Å². The van der Waals surface area contributed by atoms with Gasteiger partial charge in [-0.25, -0.2) is 15.0 Å². The van der Waals surface area contributed by atoms with Crippen LogP contribution in [0.25, 0.3) is 150 Å². The summed E-state index contributed by atoms with van der Waals surface area (Å²) in [5.74, 6) is -1.69. The minimum atomic E-state index is -1.12. The lowest BCUT2D eigenvalue weighted by molar-refractivity contribution is 0.590. The highest BCUT2D eigenvalue weighted by atomic mass is 15.2. The quantitative estimate of drug-likeness (QED) is 0.121. The molecule has 0 unspecified atom stereocenters. The summed E-state index contributed by atoms with van der Waals surface area (Å²) >= 11 is 0. The fourth-order valence-electron chi connectivity index (χ4n) is 18.2. The molecule has 0 saturated heterocycles. The van der Waals surface area contributed by atoms with Crippen molar-refractivity contribution in [1.29, 1.82) is 0 Å². The van der Waals surface area contributed by atoms with Crippen molar-refractivity contribution < 1.29 is 35.6 Å². The average molecular weight is 1630 g/mol. The first-order valence-electron chi connectivity index (χ1n) is 54.5. The number of rotatable bonds is 11. The SMILES string of the molecule is [2H]c1c([2H])c([2H])c(-c2nc(-c3cc(C(C)(C)C)cc(-c4ccccc4)c3N3c4cc(-n5c6c([2H])c([2H])c([2H])c([2H])c6c6c([2H])c([2H])c([2H])c([2H])c65)ccc4B4c5ccc(-n6c7ccc(C(C)(C)C)cc7c7cc(C(C)(C)C)ccc76)cc5N(c5c(-c6ccccc6)cc(C(C)(C)C)cc5-c5ccccc5)c5cc(-n6c7c([2H])c([2H])c([2H])c([2H])c7c7c([2H])c([2H])c([2H])c([2H])c76)cc3c54)nc(-c3c([2H])c([2H])c([2H])c([2H])c3[2H])n2)c([2H])c1[2H]. The predicted octanol–water partition coefficient (Wildman–Crippen LogP) is 28.4. The zero-order valence-electron chi connectivity index (χ0n) is 96.2. The maximum absolute atomic E-state index is 10.5. The van der Waals surface area contributed by atoms with Crippen LogP contribution in [0.3, 0.4) is 0 Å². The number of benzene rings is 16. The van der Waals surface area contributed by atoms with Crippen molar-refractivity contribution in [3.63, 3.8) is 0 Å². The molecule has 9 heteroatoms. The molecular weight excluding hydrogens is 1500 g/mol. The number of hydrogen-bond acceptors (Lipinski definition) is 5. The third-order valence-corrected chi connectivity index (χ3v) is 24.3. The number of para-hydroxylation sites is 4. The monoisotopic (exact) mass is 1620 g/mol. The maximum atomic E-state index is 10.5. The standard InChI is InChI=1S/C115H95BN8/c1-112(2,3)77-54-60-100-91(62-77)92-63-78(113(4,5)6)55-61-101(92)121(100)82-57-59-94-102(69-82)123(107-88(72-36-18-13-19-37-72)64-79(114(7,8)9)65-89(107)73-38-20-14-21-39-73)104-70-83(122-98-52-34-30-48-86(98)87-49-31-35-53-99(87)122)71-105-106(104)116(94)95-58-56-81(120-96-50-32-28-46-84(96)85-47-29-33-51-97(85)120)68-103(95)124(105)108-90(74-40-22-15-23-41-74)66-80(115(10,11)12)67-93(108)111-118-109(75-42-24-16-25-43-75)117-110(119-111)76-44-26-17-27-45-76/h13-71H,1-12H3/i16D,17D,24D,25D,26D,27D,28D,29D,30D,31D,32D,33D,34D,35D,42D,43D,44D,45D,46D,47D,48D,49D,50D,51D,52D,53D. The van der Waals surface area contributed by atoms with E-state index >= 15 is 0 Å². The van der Waals surface area contributed by atoms with Crippen LogP contribution in [0.4, 0.5) is 34.1 Å². The molecule has 20 aromatic rings. The number of aromatic nitrogens is 6. The van der Waals surface area contributed by atoms with Crippen molar-refractivity contribution in [2.45, 2.75) is 105 Å². The largest absolute Gasteiger partial charge is 0.310 e. The summed E-state index contributed by atoms with van der Waals surface area (Å²) in [6, 6.07) is 46.6. The van der Waals surface area contributed by atoms with Gasteiger partial charge in [0.05, 0.1) is 85.8 Å². The van der Waals surface area contributed by atoms with Crippen molar-refractivity contribution in [3.8, 4) is 84.6 Å². The van der Waals surface area contributed by atoms with Gasteiger partial charge in [-0.1, -0.05) is 331 Å². The molecule has 0 radical (unpaired) electrons. The van der Waals surface area contributed by atoms with Crippen LogP contribution in [-0.2, 0) is 21.7 Å². The fourth-order valence-corrected chi connectivity index (χ4v) is 18.2. The molecule has 0 bridgehead atoms. The van der Waals surface area contributed by atoms with Gasteiger partial charge >= 0.3 is 0 Å². The topological polar surface area (TPSA) is 59.9 Å². The van der Waals surface area contributed by atoms with Crippen molar-refractivity contribution >= 4 is 123 Å². The summed E-state index contributed by atoms with van der Waals surface area (Å²) in [4.78, 5) is 19.6. The van der Waals surface area contributed by atoms with Crippen LogP contribution in [0.15, 0.2) is 357 Å². The second kappa shape index (κ2) is 28.6. The van der Waals surface area contributed by atoms with Gasteiger partial charge in [0.1, 0.15) is 0 Å². The van der Waals surface area contributed by atoms with E-state index in [9.17, 15) is 32.9 Å². The molecule has 6 heterocycles. The van der Waals surface area contributed by atoms with Crippen LogP contribution >= 0.6 is 0 Å². The summed E-state index contributed by atoms with van der Waals surface area (Å²) in [7, 11) is 0. The Hall–Kier alpha value is -14.4. The van der Waals surface area contributed by atoms with Gasteiger partial charge in [0.25, 0.3) is 6.71 Å². The zero-order chi connectivity index (χ0) is 107. The molecule has 4 aromatic heterocycles. The average Bonchev–Trinajstić information content (AvgIpc) is 1.35. The lowest BCUT2D eigenvalue weighted by Crippen LogP contribution is -2.61. The number of nitrogens with zero attached hydrogens (tertiary/aromatic N) is 8. The highest BCUT2D eigenvalue weighted by molar-refractivity contribution is 7.00. The molecule has 0 fully saturated rings. The zero-order valence-corrected chi connectivity index (χ0v) is 70.2. The van der Waals surface area contributed by atoms with Gasteiger partial charge in [-0.15, -0.1) is 0 Å². The second-order valence-electron chi connectivity index (χ2n) is 36.1. The molecule has 22 rings (SSSR count). The van der Waals surface area contributed by atoms with Gasteiger partial charge in [0, 0.05) is 99.8 Å². The molecule has 2 aliphatic heterocycles. The Kier molecular flexibility index (Phi) is 12.2. The van der Waals surface area contributed by atoms with E-state index in [2.05, 4.69) is 139 Å². The third kappa shape index (κ3) is 12.4. The molecule has 124 heavy (non-hydrogen) atoms. The molecule has 8 nitrogen and oxygen atoms in total. The Morgan fingerprint density at radius 3 is 0.935 bits per heavy atom. The Bertz CT molecular complexity index is 8970. The molecule has 0 saturated carbocycles. The first-order chi connectivity index (χ1) is 70.8. The summed E-state index contributed by atoms with van der Waals surface area (Å²) in [6.07, 6.45) is 0. The number of anilines is 6. The van der Waals surface area contributed by atoms with E-state index < -0.39 is 203 Å². The van der Waals surface area contributed by atoms with E-state index in [0.29, 0.717) is 67.0 Å². The van der Waals surface area contributed by atoms with Crippen molar-refractivity contribution in [3.05, 3.63) is 380 Å². The molecule has 598 valence electrons. The fraction of sp³-hybridized carbons (Fsp3) is 0.139. The van der Waals surface area contributed by atoms with Crippen LogP contribution in [0.2, 0.25) is 0 Å². The summed E-state index contributed by atoms with van der Waals surface area (Å²) in [5.41, 5.74) is 8.55. The Morgan fingerprint density at radius 1 is 0.250 bits per heavy atom. The number of fused-ring (bicyclic) bond motifs is 13. The van der Waals surface area contributed by atoms with Crippen molar-refractivity contribution in [2.75, 3.05) is 9.80 Å². The van der Waals surface area contributed by atoms with Gasteiger partial charge < -0.3 is 23.5 Å². The van der Waals surface area contributed by atoms with Crippen LogP contribution < -0.4 is 26.2 Å². The first-order valence-corrected chi connectivity index (χ1v) is 41.5. The first kappa shape index (κ1) is 52.7. The van der Waals surface area contributed by atoms with Gasteiger partial charge in [-0.3, -0.25) is 0 Å². The smallest absolute Gasteiger partial charge is 0.252 e. The molecule has 16 aromatic carbocycles. The Labute approximate surface area is 762 Å². The highest BCUT2D eigenvalue weighted by Gasteiger charge is 2.47. The number of hydrogen-bond donors (Lipinski definition) is 0. The van der Waals surface area contributed by atoms with Crippen LogP contribution in [0, 0.1) is 0 Å². The predicted molar refractivity (Wildman–Crippen MR) is 524 cm³/mol. The third-order valence-electron chi connectivity index (χ3n) is 24.3. The van der Waals surface area contributed by atoms with Crippen LogP contribution in [0.5, 0.6) is 0 Å². The molecule has 0 N–H and O–H groups in total. The van der Waals surface area contributed by atoms with Gasteiger partial charge in [-0.05, 0) is 186 Å². The highest BCUT2D eigenvalue weighted by Crippen LogP contribution is 2.56. The van der Waals surface area contributed by atoms with E-state index in [0.717, 1.165) is 49.6 Å². The van der Waals surface area contributed by atoms with Gasteiger partial charge in [0.2, 0.25) is 0 Å². The Balaban J connectivity index is 1.02. The molecule has 0 amide bonds. The summed E-state index contributed by atoms with van der Waals surface area (Å²) < 4.78 is 257. The molecule has 0 aliphatic carbocycles. The van der Waals surface area contributed by atoms with E-state index in [1.807, 2.05) is 135 Å². The lowest BCUT2D eigenvalue weighted by Gasteiger charge is -2.46. The van der Waals surface area contributed by atoms with E-state index in [4.69, 9.17) is 17.7 Å². The summed E-state index contributed by atoms with van der Waals surface area (Å²) in [5, 5.41) is 0.888. The van der Waals surface area contributed by atoms with Crippen molar-refractivity contribution in [1.82, 2.24) is 28.7 Å². The Morgan fingerprint density at radius 2 is 0.565 bits per heavy atom. The molecule has 0 atom stereocenters. The molecule has 2 aliphatic rings. The van der Waals surface area contributed by atoms with Crippen LogP contribution in [0.1, 0.15) is 141 Å². The van der Waals surface area contributed by atoms with Crippen molar-refractivity contribution in [2.24, 2.45) is 0 Å². The van der Waals surface area contributed by atoms with Gasteiger partial charge in [0.15, 0.2) is 17.5 Å². The molecule has 0 spiro atoms. The molecular formula is C115H95BN8. The van der Waals surface area contributed by atoms with E-state index in [1.54, 1.807) is 24.3 Å². The lowest BCUT2D eigenvalue weighted by atomic mass is 9.33. The maximum Gasteiger partial charge on any atom is 0.252 e. The van der Waals surface area contributed by atoms with Crippen LogP contribution in [-0.4, -0.2) is 35.4 Å². The normalized spacial score (nSPS) is 15.9. The summed E-state index contributed by atoms with van der Waals surface area (Å²) in [6.45, 7) is 24.2. The van der Waals surface area contributed by atoms with E-state index in [1.165, 1.54) is 9.13 Å². The second-order valence-corrected chi connectivity index (χ2v) is 36.1. The van der Waals surface area contributed by atoms with Gasteiger partial charge in [-0.2, -0.15) is 0 Å².